The van der Waals surface area contributed by atoms with Crippen molar-refractivity contribution in [1.82, 2.24) is 10.2 Å². The zero-order valence-electron chi connectivity index (χ0n) is 22.2. The highest BCUT2D eigenvalue weighted by Gasteiger charge is 2.33. The Kier molecular flexibility index (Phi) is 10.0. The fourth-order valence-corrected chi connectivity index (χ4v) is 5.96. The summed E-state index contributed by atoms with van der Waals surface area (Å²) >= 11 is 6.05. The minimum absolute atomic E-state index is 0.102. The van der Waals surface area contributed by atoms with E-state index in [0.717, 1.165) is 52.9 Å². The Bertz CT molecular complexity index is 1190. The van der Waals surface area contributed by atoms with Gasteiger partial charge in [0.2, 0.25) is 21.8 Å². The molecule has 1 saturated carbocycles. The third kappa shape index (κ3) is 7.95. The average molecular weight is 548 g/mol. The molecule has 0 spiro atoms. The molecule has 202 valence electrons. The second-order valence-electron chi connectivity index (χ2n) is 9.98. The van der Waals surface area contributed by atoms with Crippen LogP contribution in [0.25, 0.3) is 0 Å². The van der Waals surface area contributed by atoms with Crippen molar-refractivity contribution in [2.75, 3.05) is 17.1 Å². The number of sulfonamides is 1. The predicted molar refractivity (Wildman–Crippen MR) is 149 cm³/mol. The summed E-state index contributed by atoms with van der Waals surface area (Å²) in [5.41, 5.74) is 3.01. The molecular weight excluding hydrogens is 510 g/mol. The maximum absolute atomic E-state index is 13.8. The zero-order chi connectivity index (χ0) is 27.2. The highest BCUT2D eigenvalue weighted by atomic mass is 35.5. The van der Waals surface area contributed by atoms with Crippen molar-refractivity contribution in [2.45, 2.75) is 77.9 Å². The first kappa shape index (κ1) is 29.0. The Morgan fingerprint density at radius 1 is 1.05 bits per heavy atom. The molecule has 1 fully saturated rings. The first-order valence-corrected chi connectivity index (χ1v) is 15.1. The number of hydrogen-bond donors (Lipinski definition) is 1. The maximum atomic E-state index is 13.8. The molecule has 0 heterocycles. The third-order valence-corrected chi connectivity index (χ3v) is 8.28. The topological polar surface area (TPSA) is 86.8 Å². The maximum Gasteiger partial charge on any atom is 0.244 e. The molecule has 0 saturated heterocycles. The Balaban J connectivity index is 1.93. The monoisotopic (exact) mass is 547 g/mol. The van der Waals surface area contributed by atoms with E-state index in [2.05, 4.69) is 5.32 Å². The van der Waals surface area contributed by atoms with Gasteiger partial charge in [0.25, 0.3) is 0 Å². The van der Waals surface area contributed by atoms with Gasteiger partial charge in [0, 0.05) is 17.6 Å². The molecule has 2 aromatic rings. The van der Waals surface area contributed by atoms with E-state index >= 15 is 0 Å². The summed E-state index contributed by atoms with van der Waals surface area (Å²) in [5.74, 6) is -0.639. The first-order chi connectivity index (χ1) is 17.5. The number of hydrogen-bond acceptors (Lipinski definition) is 4. The van der Waals surface area contributed by atoms with Gasteiger partial charge in [-0.05, 0) is 62.4 Å². The number of nitrogens with zero attached hydrogens (tertiary/aromatic N) is 2. The first-order valence-electron chi connectivity index (χ1n) is 12.9. The second-order valence-corrected chi connectivity index (χ2v) is 12.3. The molecule has 1 aliphatic carbocycles. The summed E-state index contributed by atoms with van der Waals surface area (Å²) in [6, 6.07) is 11.9. The largest absolute Gasteiger partial charge is 0.352 e. The molecule has 37 heavy (non-hydrogen) atoms. The highest BCUT2D eigenvalue weighted by molar-refractivity contribution is 7.92. The number of anilines is 1. The molecule has 1 N–H and O–H groups in total. The van der Waals surface area contributed by atoms with Crippen molar-refractivity contribution in [2.24, 2.45) is 0 Å². The van der Waals surface area contributed by atoms with Gasteiger partial charge in [-0.1, -0.05) is 67.6 Å². The van der Waals surface area contributed by atoms with Crippen LogP contribution in [0, 0.1) is 13.8 Å². The molecule has 0 bridgehead atoms. The summed E-state index contributed by atoms with van der Waals surface area (Å²) < 4.78 is 26.8. The molecular formula is C28H38ClN3O4S. The van der Waals surface area contributed by atoms with Crippen molar-refractivity contribution < 1.29 is 18.0 Å². The number of amides is 2. The van der Waals surface area contributed by atoms with Crippen LogP contribution in [0.5, 0.6) is 0 Å². The van der Waals surface area contributed by atoms with Crippen LogP contribution >= 0.6 is 11.6 Å². The fourth-order valence-electron chi connectivity index (χ4n) is 4.93. The van der Waals surface area contributed by atoms with E-state index in [0.29, 0.717) is 17.1 Å². The van der Waals surface area contributed by atoms with Crippen LogP contribution in [-0.4, -0.2) is 50.0 Å². The minimum atomic E-state index is -3.77. The molecule has 1 atom stereocenters. The van der Waals surface area contributed by atoms with Crippen molar-refractivity contribution in [3.05, 3.63) is 64.2 Å². The van der Waals surface area contributed by atoms with E-state index in [1.165, 1.54) is 11.3 Å². The quantitative estimate of drug-likeness (QED) is 0.454. The molecule has 2 aromatic carbocycles. The lowest BCUT2D eigenvalue weighted by Crippen LogP contribution is -2.54. The van der Waals surface area contributed by atoms with E-state index in [9.17, 15) is 18.0 Å². The molecule has 7 nitrogen and oxygen atoms in total. The van der Waals surface area contributed by atoms with Gasteiger partial charge < -0.3 is 10.2 Å². The van der Waals surface area contributed by atoms with Crippen LogP contribution < -0.4 is 9.62 Å². The van der Waals surface area contributed by atoms with Gasteiger partial charge in [0.05, 0.1) is 11.9 Å². The van der Waals surface area contributed by atoms with E-state index in [1.54, 1.807) is 18.2 Å². The summed E-state index contributed by atoms with van der Waals surface area (Å²) in [5, 5.41) is 3.72. The molecule has 1 aliphatic rings. The van der Waals surface area contributed by atoms with Gasteiger partial charge in [0.15, 0.2) is 0 Å². The Morgan fingerprint density at radius 3 is 2.27 bits per heavy atom. The number of halogens is 1. The van der Waals surface area contributed by atoms with Crippen LogP contribution in [0.4, 0.5) is 5.69 Å². The number of nitrogens with one attached hydrogen (secondary N) is 1. The van der Waals surface area contributed by atoms with E-state index in [1.807, 2.05) is 45.0 Å². The molecule has 3 rings (SSSR count). The minimum Gasteiger partial charge on any atom is -0.352 e. The van der Waals surface area contributed by atoms with Crippen molar-refractivity contribution in [3.8, 4) is 0 Å². The average Bonchev–Trinajstić information content (AvgIpc) is 2.84. The van der Waals surface area contributed by atoms with Crippen molar-refractivity contribution in [1.29, 1.82) is 0 Å². The highest BCUT2D eigenvalue weighted by Crippen LogP contribution is 2.25. The van der Waals surface area contributed by atoms with Gasteiger partial charge in [-0.3, -0.25) is 13.9 Å². The lowest BCUT2D eigenvalue weighted by atomic mass is 9.95. The second kappa shape index (κ2) is 12.8. The number of carbonyl (C=O) groups is 2. The summed E-state index contributed by atoms with van der Waals surface area (Å²) in [4.78, 5) is 28.8. The Hall–Kier alpha value is -2.58. The summed E-state index contributed by atoms with van der Waals surface area (Å²) in [6.07, 6.45) is 6.69. The van der Waals surface area contributed by atoms with Gasteiger partial charge in [-0.25, -0.2) is 8.42 Å². The van der Waals surface area contributed by atoms with Gasteiger partial charge in [0.1, 0.15) is 12.6 Å². The van der Waals surface area contributed by atoms with Crippen LogP contribution in [0.2, 0.25) is 5.02 Å². The van der Waals surface area contributed by atoms with Crippen LogP contribution in [0.3, 0.4) is 0 Å². The van der Waals surface area contributed by atoms with E-state index in [-0.39, 0.29) is 18.5 Å². The SMILES string of the molecule is CC[C@@H](C(=O)NC1CCCCC1)N(Cc1ccc(Cl)cc1)C(=O)CN(c1ccc(C)cc1C)S(C)(=O)=O. The number of rotatable bonds is 10. The fraction of sp³-hybridized carbons (Fsp3) is 0.500. The number of carbonyl (C=O) groups excluding carboxylic acids is 2. The number of aryl methyl sites for hydroxylation is 2. The lowest BCUT2D eigenvalue weighted by molar-refractivity contribution is -0.140. The van der Waals surface area contributed by atoms with Crippen molar-refractivity contribution >= 4 is 39.1 Å². The summed E-state index contributed by atoms with van der Waals surface area (Å²) in [6.45, 7) is 5.38. The van der Waals surface area contributed by atoms with Gasteiger partial charge >= 0.3 is 0 Å². The molecule has 0 unspecified atom stereocenters. The third-order valence-electron chi connectivity index (χ3n) is 6.90. The van der Waals surface area contributed by atoms with Crippen LogP contribution in [-0.2, 0) is 26.2 Å². The van der Waals surface area contributed by atoms with Crippen LogP contribution in [0.15, 0.2) is 42.5 Å². The standard InChI is InChI=1S/C28H38ClN3O4S/c1-5-25(28(34)30-24-9-7-6-8-10-24)31(18-22-12-14-23(29)15-13-22)27(33)19-32(37(4,35)36)26-16-11-20(2)17-21(26)3/h11-17,24-25H,5-10,18-19H2,1-4H3,(H,30,34)/t25-/m0/s1. The molecule has 0 radical (unpaired) electrons. The summed E-state index contributed by atoms with van der Waals surface area (Å²) in [7, 11) is -3.77. The van der Waals surface area contributed by atoms with E-state index < -0.39 is 28.5 Å². The molecule has 0 aliphatic heterocycles. The predicted octanol–water partition coefficient (Wildman–Crippen LogP) is 4.98. The van der Waals surface area contributed by atoms with Crippen LogP contribution in [0.1, 0.15) is 62.1 Å². The smallest absolute Gasteiger partial charge is 0.244 e. The normalized spacial score (nSPS) is 15.2. The van der Waals surface area contributed by atoms with Gasteiger partial charge in [-0.2, -0.15) is 0 Å². The lowest BCUT2D eigenvalue weighted by Gasteiger charge is -2.34. The van der Waals surface area contributed by atoms with Gasteiger partial charge in [-0.15, -0.1) is 0 Å². The van der Waals surface area contributed by atoms with Crippen molar-refractivity contribution in [3.63, 3.8) is 0 Å². The van der Waals surface area contributed by atoms with E-state index in [4.69, 9.17) is 11.6 Å². The Labute approximate surface area is 226 Å². The zero-order valence-corrected chi connectivity index (χ0v) is 23.7. The number of benzene rings is 2. The molecule has 9 heteroatoms. The Morgan fingerprint density at radius 2 is 1.70 bits per heavy atom. The molecule has 2 amide bonds. The molecule has 0 aromatic heterocycles.